The third-order valence-electron chi connectivity index (χ3n) is 3.54. The minimum absolute atomic E-state index is 0.0791. The van der Waals surface area contributed by atoms with E-state index in [0.717, 1.165) is 0 Å². The molecule has 9 nitrogen and oxygen atoms in total. The SMILES string of the molecule is CC(C)(C)OC(=O)CN1CCN(c2cc(C(N)=O)nnc2N)CC1. The highest BCUT2D eigenvalue weighted by molar-refractivity contribution is 5.92. The van der Waals surface area contributed by atoms with Gasteiger partial charge in [-0.3, -0.25) is 14.5 Å². The topological polar surface area (TPSA) is 128 Å². The van der Waals surface area contributed by atoms with Crippen LogP contribution < -0.4 is 16.4 Å². The van der Waals surface area contributed by atoms with Gasteiger partial charge in [0.05, 0.1) is 12.2 Å². The molecule has 2 heterocycles. The number of nitrogens with two attached hydrogens (primary N) is 2. The maximum atomic E-state index is 11.9. The lowest BCUT2D eigenvalue weighted by atomic mass is 10.2. The van der Waals surface area contributed by atoms with Crippen molar-refractivity contribution in [2.45, 2.75) is 26.4 Å². The second kappa shape index (κ2) is 7.00. The molecule has 1 saturated heterocycles. The first-order valence-electron chi connectivity index (χ1n) is 7.78. The van der Waals surface area contributed by atoms with Gasteiger partial charge in [0, 0.05) is 26.2 Å². The third kappa shape index (κ3) is 4.79. The third-order valence-corrected chi connectivity index (χ3v) is 3.54. The number of anilines is 2. The van der Waals surface area contributed by atoms with Gasteiger partial charge in [-0.1, -0.05) is 0 Å². The Morgan fingerprint density at radius 2 is 1.83 bits per heavy atom. The molecule has 1 aromatic rings. The lowest BCUT2D eigenvalue weighted by Gasteiger charge is -2.36. The highest BCUT2D eigenvalue weighted by Crippen LogP contribution is 2.22. The molecule has 0 saturated carbocycles. The molecule has 0 spiro atoms. The zero-order valence-corrected chi connectivity index (χ0v) is 14.3. The van der Waals surface area contributed by atoms with E-state index in [1.54, 1.807) is 6.07 Å². The summed E-state index contributed by atoms with van der Waals surface area (Å²) < 4.78 is 5.33. The molecule has 0 bridgehead atoms. The van der Waals surface area contributed by atoms with Crippen LogP contribution in [0.3, 0.4) is 0 Å². The van der Waals surface area contributed by atoms with Crippen LogP contribution in [0.4, 0.5) is 11.5 Å². The molecule has 24 heavy (non-hydrogen) atoms. The van der Waals surface area contributed by atoms with Crippen LogP contribution in [-0.4, -0.2) is 65.3 Å². The zero-order valence-electron chi connectivity index (χ0n) is 14.3. The van der Waals surface area contributed by atoms with E-state index in [1.165, 1.54) is 0 Å². The lowest BCUT2D eigenvalue weighted by Crippen LogP contribution is -2.49. The number of carbonyl (C=O) groups excluding carboxylic acids is 2. The van der Waals surface area contributed by atoms with Crippen molar-refractivity contribution in [2.24, 2.45) is 5.73 Å². The van der Waals surface area contributed by atoms with Gasteiger partial charge < -0.3 is 21.1 Å². The van der Waals surface area contributed by atoms with Crippen LogP contribution in [0.2, 0.25) is 0 Å². The molecular weight excluding hydrogens is 312 g/mol. The van der Waals surface area contributed by atoms with Gasteiger partial charge in [-0.05, 0) is 26.8 Å². The molecule has 1 aromatic heterocycles. The fraction of sp³-hybridized carbons (Fsp3) is 0.600. The van der Waals surface area contributed by atoms with Gasteiger partial charge in [-0.2, -0.15) is 0 Å². The van der Waals surface area contributed by atoms with Crippen LogP contribution in [0, 0.1) is 0 Å². The number of carbonyl (C=O) groups is 2. The van der Waals surface area contributed by atoms with Crippen molar-refractivity contribution in [3.05, 3.63) is 11.8 Å². The molecule has 0 radical (unpaired) electrons. The number of nitrogens with zero attached hydrogens (tertiary/aromatic N) is 4. The van der Waals surface area contributed by atoms with Gasteiger partial charge in [0.2, 0.25) is 0 Å². The highest BCUT2D eigenvalue weighted by atomic mass is 16.6. The van der Waals surface area contributed by atoms with Crippen molar-refractivity contribution < 1.29 is 14.3 Å². The molecule has 0 atom stereocenters. The van der Waals surface area contributed by atoms with Crippen molar-refractivity contribution in [1.82, 2.24) is 15.1 Å². The Balaban J connectivity index is 1.94. The number of hydrogen-bond donors (Lipinski definition) is 2. The Morgan fingerprint density at radius 1 is 1.21 bits per heavy atom. The summed E-state index contributed by atoms with van der Waals surface area (Å²) in [5.41, 5.74) is 11.3. The number of piperazine rings is 1. The quantitative estimate of drug-likeness (QED) is 0.712. The molecule has 0 aromatic carbocycles. The predicted molar refractivity (Wildman–Crippen MR) is 89.5 cm³/mol. The summed E-state index contributed by atoms with van der Waals surface area (Å²) in [7, 11) is 0. The van der Waals surface area contributed by atoms with Crippen LogP contribution in [0.25, 0.3) is 0 Å². The number of esters is 1. The van der Waals surface area contributed by atoms with E-state index in [4.69, 9.17) is 16.2 Å². The van der Waals surface area contributed by atoms with Crippen LogP contribution >= 0.6 is 0 Å². The van der Waals surface area contributed by atoms with Crippen LogP contribution in [-0.2, 0) is 9.53 Å². The standard InChI is InChI=1S/C15H24N6O3/c1-15(2,3)24-12(22)9-20-4-6-21(7-5-20)11-8-10(14(17)23)18-19-13(11)16/h8H,4-7,9H2,1-3H3,(H2,16,19)(H2,17,23). The van der Waals surface area contributed by atoms with Gasteiger partial charge in [-0.25, -0.2) is 0 Å². The number of primary amides is 1. The Labute approximate surface area is 140 Å². The number of nitrogen functional groups attached to an aromatic ring is 1. The Morgan fingerprint density at radius 3 is 2.38 bits per heavy atom. The maximum Gasteiger partial charge on any atom is 0.320 e. The number of rotatable bonds is 4. The number of ether oxygens (including phenoxy) is 1. The summed E-state index contributed by atoms with van der Waals surface area (Å²) in [6.07, 6.45) is 0. The van der Waals surface area contributed by atoms with E-state index in [1.807, 2.05) is 30.6 Å². The molecule has 4 N–H and O–H groups in total. The molecule has 1 aliphatic rings. The van der Waals surface area contributed by atoms with E-state index in [0.29, 0.717) is 31.9 Å². The monoisotopic (exact) mass is 336 g/mol. The minimum Gasteiger partial charge on any atom is -0.459 e. The van der Waals surface area contributed by atoms with Crippen LogP contribution in [0.5, 0.6) is 0 Å². The minimum atomic E-state index is -0.646. The normalized spacial score (nSPS) is 16.0. The molecular formula is C15H24N6O3. The van der Waals surface area contributed by atoms with Gasteiger partial charge in [0.1, 0.15) is 5.60 Å². The first-order valence-corrected chi connectivity index (χ1v) is 7.78. The molecule has 1 amide bonds. The van der Waals surface area contributed by atoms with Crippen molar-refractivity contribution in [2.75, 3.05) is 43.4 Å². The molecule has 0 unspecified atom stereocenters. The largest absolute Gasteiger partial charge is 0.459 e. The smallest absolute Gasteiger partial charge is 0.320 e. The number of aromatic nitrogens is 2. The fourth-order valence-electron chi connectivity index (χ4n) is 2.47. The average Bonchev–Trinajstić information content (AvgIpc) is 2.46. The molecule has 0 aliphatic carbocycles. The second-order valence-corrected chi connectivity index (χ2v) is 6.71. The number of hydrogen-bond acceptors (Lipinski definition) is 8. The highest BCUT2D eigenvalue weighted by Gasteiger charge is 2.24. The molecule has 132 valence electrons. The van der Waals surface area contributed by atoms with Gasteiger partial charge in [-0.15, -0.1) is 10.2 Å². The number of amides is 1. The van der Waals surface area contributed by atoms with Crippen molar-refractivity contribution in [1.29, 1.82) is 0 Å². The first-order chi connectivity index (χ1) is 11.2. The molecule has 1 aliphatic heterocycles. The predicted octanol–water partition coefficient (Wildman–Crippen LogP) is -0.379. The molecule has 9 heteroatoms. The summed E-state index contributed by atoms with van der Waals surface area (Å²) >= 11 is 0. The fourth-order valence-corrected chi connectivity index (χ4v) is 2.47. The summed E-state index contributed by atoms with van der Waals surface area (Å²) in [6.45, 7) is 8.43. The van der Waals surface area contributed by atoms with Crippen LogP contribution in [0.15, 0.2) is 6.07 Å². The van der Waals surface area contributed by atoms with E-state index in [9.17, 15) is 9.59 Å². The van der Waals surface area contributed by atoms with Crippen molar-refractivity contribution in [3.8, 4) is 0 Å². The Bertz CT molecular complexity index is 620. The van der Waals surface area contributed by atoms with E-state index in [2.05, 4.69) is 10.2 Å². The van der Waals surface area contributed by atoms with E-state index >= 15 is 0 Å². The summed E-state index contributed by atoms with van der Waals surface area (Å²) in [4.78, 5) is 27.1. The van der Waals surface area contributed by atoms with Crippen LogP contribution in [0.1, 0.15) is 31.3 Å². The molecule has 1 fully saturated rings. The summed E-state index contributed by atoms with van der Waals surface area (Å²) in [5.74, 6) is -0.634. The summed E-state index contributed by atoms with van der Waals surface area (Å²) in [6, 6.07) is 1.55. The Hall–Kier alpha value is -2.42. The molecule has 2 rings (SSSR count). The van der Waals surface area contributed by atoms with E-state index < -0.39 is 11.5 Å². The van der Waals surface area contributed by atoms with E-state index in [-0.39, 0.29) is 24.0 Å². The van der Waals surface area contributed by atoms with Gasteiger partial charge in [0.15, 0.2) is 11.5 Å². The average molecular weight is 336 g/mol. The summed E-state index contributed by atoms with van der Waals surface area (Å²) in [5, 5.41) is 7.45. The second-order valence-electron chi connectivity index (χ2n) is 6.71. The van der Waals surface area contributed by atoms with Crippen molar-refractivity contribution in [3.63, 3.8) is 0 Å². The van der Waals surface area contributed by atoms with Gasteiger partial charge >= 0.3 is 5.97 Å². The van der Waals surface area contributed by atoms with Crippen molar-refractivity contribution >= 4 is 23.4 Å². The zero-order chi connectivity index (χ0) is 17.9. The van der Waals surface area contributed by atoms with Gasteiger partial charge in [0.25, 0.3) is 5.91 Å². The lowest BCUT2D eigenvalue weighted by molar-refractivity contribution is -0.156. The Kier molecular flexibility index (Phi) is 5.23. The first kappa shape index (κ1) is 17.9. The maximum absolute atomic E-state index is 11.9.